The van der Waals surface area contributed by atoms with Crippen molar-refractivity contribution in [2.45, 2.75) is 13.1 Å². The Labute approximate surface area is 155 Å². The van der Waals surface area contributed by atoms with Crippen molar-refractivity contribution in [1.82, 2.24) is 9.88 Å². The lowest BCUT2D eigenvalue weighted by molar-refractivity contribution is -0.136. The molecule has 2 heterocycles. The normalized spacial score (nSPS) is 15.6. The number of piperazine rings is 1. The van der Waals surface area contributed by atoms with Gasteiger partial charge in [0, 0.05) is 37.9 Å². The number of benzene rings is 1. The third-order valence-corrected chi connectivity index (χ3v) is 4.63. The average Bonchev–Trinajstić information content (AvgIpc) is 2.68. The second kappa shape index (κ2) is 7.96. The molecule has 1 aromatic carbocycles. The summed E-state index contributed by atoms with van der Waals surface area (Å²) in [6, 6.07) is 8.05. The summed E-state index contributed by atoms with van der Waals surface area (Å²) in [5.74, 6) is 0.0602. The van der Waals surface area contributed by atoms with E-state index in [2.05, 4.69) is 27.0 Å². The Kier molecular flexibility index (Phi) is 5.65. The molecule has 0 bridgehead atoms. The highest BCUT2D eigenvalue weighted by molar-refractivity contribution is 6.05. The van der Waals surface area contributed by atoms with E-state index in [1.165, 1.54) is 30.5 Å². The van der Waals surface area contributed by atoms with Crippen molar-refractivity contribution in [2.75, 3.05) is 42.9 Å². The van der Waals surface area contributed by atoms with E-state index >= 15 is 0 Å². The highest BCUT2D eigenvalue weighted by Crippen LogP contribution is 2.34. The number of hydrogen-bond acceptors (Lipinski definition) is 4. The van der Waals surface area contributed by atoms with Crippen LogP contribution in [0.5, 0.6) is 0 Å². The Morgan fingerprint density at radius 2 is 1.85 bits per heavy atom. The number of carbonyl (C=O) groups excluding carboxylic acids is 1. The van der Waals surface area contributed by atoms with Crippen LogP contribution in [0, 0.1) is 0 Å². The van der Waals surface area contributed by atoms with Gasteiger partial charge in [0.05, 0.1) is 11.3 Å². The van der Waals surface area contributed by atoms with Crippen molar-refractivity contribution in [1.29, 1.82) is 0 Å². The minimum atomic E-state index is -4.54. The Balaban J connectivity index is 1.75. The third kappa shape index (κ3) is 4.57. The van der Waals surface area contributed by atoms with Gasteiger partial charge in [0.1, 0.15) is 5.82 Å². The smallest absolute Gasteiger partial charge is 0.354 e. The number of hydrogen-bond donors (Lipinski definition) is 1. The highest BCUT2D eigenvalue weighted by atomic mass is 19.4. The number of alkyl halides is 3. The summed E-state index contributed by atoms with van der Waals surface area (Å²) in [7, 11) is 0. The van der Waals surface area contributed by atoms with Crippen molar-refractivity contribution in [3.8, 4) is 0 Å². The maximum absolute atomic E-state index is 13.1. The summed E-state index contributed by atoms with van der Waals surface area (Å²) < 4.78 is 39.3. The lowest BCUT2D eigenvalue weighted by atomic mass is 10.1. The first kappa shape index (κ1) is 19.2. The number of amides is 1. The van der Waals surface area contributed by atoms with Crippen LogP contribution in [0.15, 0.2) is 42.6 Å². The van der Waals surface area contributed by atoms with Crippen LogP contribution in [-0.4, -0.2) is 48.5 Å². The number of rotatable bonds is 4. The molecule has 0 saturated carbocycles. The summed E-state index contributed by atoms with van der Waals surface area (Å²) in [5, 5.41) is 2.37. The van der Waals surface area contributed by atoms with E-state index in [-0.39, 0.29) is 11.3 Å². The number of nitrogens with one attached hydrogen (secondary N) is 1. The van der Waals surface area contributed by atoms with Gasteiger partial charge in [-0.2, -0.15) is 13.2 Å². The zero-order valence-corrected chi connectivity index (χ0v) is 15.0. The van der Waals surface area contributed by atoms with Crippen molar-refractivity contribution >= 4 is 17.4 Å². The fourth-order valence-corrected chi connectivity index (χ4v) is 3.06. The van der Waals surface area contributed by atoms with Crippen LogP contribution in [0.1, 0.15) is 22.8 Å². The van der Waals surface area contributed by atoms with E-state index in [4.69, 9.17) is 0 Å². The number of pyridine rings is 1. The van der Waals surface area contributed by atoms with E-state index in [0.717, 1.165) is 38.8 Å². The van der Waals surface area contributed by atoms with Gasteiger partial charge in [-0.05, 0) is 30.8 Å². The monoisotopic (exact) mass is 378 g/mol. The number of aromatic nitrogens is 1. The Bertz CT molecular complexity index is 802. The second-order valence-electron chi connectivity index (χ2n) is 6.32. The molecule has 27 heavy (non-hydrogen) atoms. The molecule has 1 aliphatic rings. The number of carbonyl (C=O) groups is 1. The predicted molar refractivity (Wildman–Crippen MR) is 98.0 cm³/mol. The van der Waals surface area contributed by atoms with Crippen LogP contribution in [-0.2, 0) is 6.18 Å². The van der Waals surface area contributed by atoms with Gasteiger partial charge in [0.25, 0.3) is 5.91 Å². The maximum Gasteiger partial charge on any atom is 0.418 e. The first-order valence-electron chi connectivity index (χ1n) is 8.79. The molecule has 1 aromatic heterocycles. The number of halogens is 3. The lowest BCUT2D eigenvalue weighted by Crippen LogP contribution is -2.46. The minimum absolute atomic E-state index is 0.259. The molecular weight excluding hydrogens is 357 g/mol. The maximum atomic E-state index is 13.1. The van der Waals surface area contributed by atoms with Crippen molar-refractivity contribution in [3.63, 3.8) is 0 Å². The van der Waals surface area contributed by atoms with Crippen LogP contribution < -0.4 is 10.2 Å². The largest absolute Gasteiger partial charge is 0.418 e. The molecule has 0 atom stereocenters. The third-order valence-electron chi connectivity index (χ3n) is 4.63. The van der Waals surface area contributed by atoms with Gasteiger partial charge >= 0.3 is 6.18 Å². The molecule has 8 heteroatoms. The van der Waals surface area contributed by atoms with Crippen LogP contribution in [0.3, 0.4) is 0 Å². The predicted octanol–water partition coefficient (Wildman–Crippen LogP) is 3.49. The Morgan fingerprint density at radius 3 is 2.52 bits per heavy atom. The molecule has 0 spiro atoms. The fourth-order valence-electron chi connectivity index (χ4n) is 3.06. The van der Waals surface area contributed by atoms with Crippen LogP contribution >= 0.6 is 0 Å². The van der Waals surface area contributed by atoms with Crippen molar-refractivity contribution in [2.24, 2.45) is 0 Å². The first-order chi connectivity index (χ1) is 12.9. The average molecular weight is 378 g/mol. The fraction of sp³-hybridized carbons (Fsp3) is 0.368. The molecule has 5 nitrogen and oxygen atoms in total. The van der Waals surface area contributed by atoms with Gasteiger partial charge in [-0.15, -0.1) is 0 Å². The van der Waals surface area contributed by atoms with E-state index in [1.54, 1.807) is 6.07 Å². The SMILES string of the molecule is CCN1CCN(c2cc(C(=O)Nc3ccccc3C(F)(F)F)ccn2)CC1. The van der Waals surface area contributed by atoms with Crippen molar-refractivity contribution < 1.29 is 18.0 Å². The zero-order valence-electron chi connectivity index (χ0n) is 15.0. The molecule has 3 rings (SSSR count). The summed E-state index contributed by atoms with van der Waals surface area (Å²) in [4.78, 5) is 21.2. The van der Waals surface area contributed by atoms with E-state index in [9.17, 15) is 18.0 Å². The Hall–Kier alpha value is -2.61. The summed E-state index contributed by atoms with van der Waals surface area (Å²) in [6.45, 7) is 6.51. The van der Waals surface area contributed by atoms with Gasteiger partial charge in [-0.1, -0.05) is 19.1 Å². The van der Waals surface area contributed by atoms with Crippen LogP contribution in [0.25, 0.3) is 0 Å². The summed E-state index contributed by atoms with van der Waals surface area (Å²) >= 11 is 0. The van der Waals surface area contributed by atoms with E-state index in [1.807, 2.05) is 0 Å². The topological polar surface area (TPSA) is 48.5 Å². The standard InChI is InChI=1S/C19H21F3N4O/c1-2-25-9-11-26(12-10-25)17-13-14(7-8-23-17)18(27)24-16-6-4-3-5-15(16)19(20,21)22/h3-8,13H,2,9-12H2,1H3,(H,24,27). The molecule has 1 N–H and O–H groups in total. The van der Waals surface area contributed by atoms with Crippen LogP contribution in [0.4, 0.5) is 24.7 Å². The molecule has 0 unspecified atom stereocenters. The van der Waals surface area contributed by atoms with E-state index in [0.29, 0.717) is 5.82 Å². The molecule has 1 aliphatic heterocycles. The summed E-state index contributed by atoms with van der Waals surface area (Å²) in [5.41, 5.74) is -0.858. The molecule has 1 saturated heterocycles. The molecule has 2 aromatic rings. The van der Waals surface area contributed by atoms with Gasteiger partial charge in [0.2, 0.25) is 0 Å². The number of nitrogens with zero attached hydrogens (tertiary/aromatic N) is 3. The highest BCUT2D eigenvalue weighted by Gasteiger charge is 2.33. The molecule has 1 amide bonds. The Morgan fingerprint density at radius 1 is 1.15 bits per heavy atom. The minimum Gasteiger partial charge on any atom is -0.354 e. The molecule has 1 fully saturated rings. The molecule has 0 radical (unpaired) electrons. The quantitative estimate of drug-likeness (QED) is 0.885. The van der Waals surface area contributed by atoms with E-state index < -0.39 is 17.6 Å². The molecule has 144 valence electrons. The second-order valence-corrected chi connectivity index (χ2v) is 6.32. The van der Waals surface area contributed by atoms with Gasteiger partial charge in [0.15, 0.2) is 0 Å². The van der Waals surface area contributed by atoms with Gasteiger partial charge in [-0.3, -0.25) is 4.79 Å². The number of anilines is 2. The van der Waals surface area contributed by atoms with Gasteiger partial charge < -0.3 is 15.1 Å². The number of para-hydroxylation sites is 1. The van der Waals surface area contributed by atoms with Gasteiger partial charge in [-0.25, -0.2) is 4.98 Å². The molecule has 0 aliphatic carbocycles. The lowest BCUT2D eigenvalue weighted by Gasteiger charge is -2.34. The van der Waals surface area contributed by atoms with Crippen LogP contribution in [0.2, 0.25) is 0 Å². The summed E-state index contributed by atoms with van der Waals surface area (Å²) in [6.07, 6.45) is -3.03. The number of likely N-dealkylation sites (N-methyl/N-ethyl adjacent to an activating group) is 1. The zero-order chi connectivity index (χ0) is 19.4. The van der Waals surface area contributed by atoms with Crippen molar-refractivity contribution in [3.05, 3.63) is 53.7 Å². The molecular formula is C19H21F3N4O. The first-order valence-corrected chi connectivity index (χ1v) is 8.79.